The SMILES string of the molecule is O=c1c2ccccc2oc2ccc(-c3cccc(-c4cccc(-c5cc(-c6ccccc6)cc(-c6ccccc6)n5)c4)c3)cc12. The Hall–Kier alpha value is -6.06. The Morgan fingerprint density at radius 3 is 1.58 bits per heavy atom. The summed E-state index contributed by atoms with van der Waals surface area (Å²) in [6.07, 6.45) is 0. The fourth-order valence-corrected chi connectivity index (χ4v) is 5.95. The molecule has 0 aliphatic carbocycles. The molecule has 212 valence electrons. The van der Waals surface area contributed by atoms with E-state index in [1.807, 2.05) is 66.7 Å². The van der Waals surface area contributed by atoms with E-state index in [4.69, 9.17) is 9.40 Å². The zero-order valence-corrected chi connectivity index (χ0v) is 24.4. The van der Waals surface area contributed by atoms with E-state index in [1.54, 1.807) is 0 Å². The normalized spacial score (nSPS) is 11.2. The number of hydrogen-bond acceptors (Lipinski definition) is 3. The Balaban J connectivity index is 1.20. The van der Waals surface area contributed by atoms with Crippen LogP contribution in [0, 0.1) is 0 Å². The number of aromatic nitrogens is 1. The smallest absolute Gasteiger partial charge is 0.200 e. The lowest BCUT2D eigenvalue weighted by Gasteiger charge is -2.12. The van der Waals surface area contributed by atoms with E-state index in [9.17, 15) is 4.79 Å². The van der Waals surface area contributed by atoms with Gasteiger partial charge in [0.05, 0.1) is 22.2 Å². The quantitative estimate of drug-likeness (QED) is 0.191. The van der Waals surface area contributed by atoms with Gasteiger partial charge in [0.1, 0.15) is 11.2 Å². The number of hydrogen-bond donors (Lipinski definition) is 0. The molecule has 0 fully saturated rings. The molecule has 0 N–H and O–H groups in total. The molecule has 0 unspecified atom stereocenters. The van der Waals surface area contributed by atoms with Gasteiger partial charge >= 0.3 is 0 Å². The van der Waals surface area contributed by atoms with Gasteiger partial charge in [0.15, 0.2) is 0 Å². The summed E-state index contributed by atoms with van der Waals surface area (Å²) in [7, 11) is 0. The van der Waals surface area contributed by atoms with Crippen molar-refractivity contribution in [1.29, 1.82) is 0 Å². The number of benzene rings is 6. The Kier molecular flexibility index (Phi) is 6.62. The minimum Gasteiger partial charge on any atom is -0.456 e. The zero-order chi connectivity index (χ0) is 30.2. The van der Waals surface area contributed by atoms with Crippen LogP contribution in [0.15, 0.2) is 173 Å². The molecule has 3 heteroatoms. The molecule has 8 aromatic rings. The highest BCUT2D eigenvalue weighted by atomic mass is 16.3. The van der Waals surface area contributed by atoms with Gasteiger partial charge in [-0.05, 0) is 81.9 Å². The number of nitrogens with zero attached hydrogens (tertiary/aromatic N) is 1. The van der Waals surface area contributed by atoms with Crippen LogP contribution < -0.4 is 5.43 Å². The molecule has 0 saturated carbocycles. The average molecular weight is 578 g/mol. The van der Waals surface area contributed by atoms with Crippen LogP contribution in [0.1, 0.15) is 0 Å². The first-order valence-corrected chi connectivity index (χ1v) is 15.0. The second-order valence-corrected chi connectivity index (χ2v) is 11.2. The zero-order valence-electron chi connectivity index (χ0n) is 24.4. The first-order valence-electron chi connectivity index (χ1n) is 15.0. The number of fused-ring (bicyclic) bond motifs is 2. The maximum absolute atomic E-state index is 13.3. The first kappa shape index (κ1) is 26.6. The van der Waals surface area contributed by atoms with Crippen LogP contribution in [0.25, 0.3) is 77.8 Å². The molecule has 0 radical (unpaired) electrons. The molecular weight excluding hydrogens is 550 g/mol. The third-order valence-corrected chi connectivity index (χ3v) is 8.27. The van der Waals surface area contributed by atoms with E-state index in [1.165, 1.54) is 0 Å². The lowest BCUT2D eigenvalue weighted by Crippen LogP contribution is -2.01. The number of para-hydroxylation sites is 1. The molecule has 2 heterocycles. The summed E-state index contributed by atoms with van der Waals surface area (Å²) in [6, 6.07) is 55.3. The summed E-state index contributed by atoms with van der Waals surface area (Å²) in [5.41, 5.74) is 11.6. The largest absolute Gasteiger partial charge is 0.456 e. The predicted octanol–water partition coefficient (Wildman–Crippen LogP) is 10.7. The monoisotopic (exact) mass is 577 g/mol. The van der Waals surface area contributed by atoms with Crippen LogP contribution in [0.5, 0.6) is 0 Å². The fraction of sp³-hybridized carbons (Fsp3) is 0. The highest BCUT2D eigenvalue weighted by Crippen LogP contribution is 2.34. The van der Waals surface area contributed by atoms with Gasteiger partial charge < -0.3 is 4.42 Å². The van der Waals surface area contributed by atoms with Crippen molar-refractivity contribution in [3.8, 4) is 55.9 Å². The van der Waals surface area contributed by atoms with Crippen LogP contribution in [-0.2, 0) is 0 Å². The molecule has 8 rings (SSSR count). The Bertz CT molecular complexity index is 2330. The fourth-order valence-electron chi connectivity index (χ4n) is 5.95. The maximum Gasteiger partial charge on any atom is 0.200 e. The summed E-state index contributed by atoms with van der Waals surface area (Å²) in [5.74, 6) is 0. The molecule has 0 aliphatic rings. The maximum atomic E-state index is 13.3. The predicted molar refractivity (Wildman–Crippen MR) is 185 cm³/mol. The van der Waals surface area contributed by atoms with Crippen molar-refractivity contribution in [1.82, 2.24) is 4.98 Å². The second-order valence-electron chi connectivity index (χ2n) is 11.2. The van der Waals surface area contributed by atoms with E-state index in [0.717, 1.165) is 55.9 Å². The van der Waals surface area contributed by atoms with E-state index < -0.39 is 0 Å². The molecule has 0 aliphatic heterocycles. The van der Waals surface area contributed by atoms with Crippen molar-refractivity contribution in [3.63, 3.8) is 0 Å². The molecule has 2 aromatic heterocycles. The lowest BCUT2D eigenvalue weighted by atomic mass is 9.95. The van der Waals surface area contributed by atoms with Gasteiger partial charge in [0.25, 0.3) is 0 Å². The molecule has 0 saturated heterocycles. The van der Waals surface area contributed by atoms with Crippen LogP contribution >= 0.6 is 0 Å². The standard InChI is InChI=1S/C42H27NO2/c44-42-36-19-7-8-20-40(36)45-41-22-21-33(25-37(41)42)31-16-9-15-30(23-31)32-17-10-18-34(24-32)39-27-35(28-11-3-1-4-12-28)26-38(43-39)29-13-5-2-6-14-29/h1-27H. The minimum atomic E-state index is -0.0161. The topological polar surface area (TPSA) is 43.1 Å². The molecule has 3 nitrogen and oxygen atoms in total. The second kappa shape index (κ2) is 11.2. The van der Waals surface area contributed by atoms with Crippen LogP contribution in [-0.4, -0.2) is 4.98 Å². The summed E-state index contributed by atoms with van der Waals surface area (Å²) in [5, 5.41) is 1.17. The Labute approximate surface area is 260 Å². The van der Waals surface area contributed by atoms with Gasteiger partial charge in [0.2, 0.25) is 5.43 Å². The van der Waals surface area contributed by atoms with E-state index in [-0.39, 0.29) is 5.43 Å². The van der Waals surface area contributed by atoms with Crippen molar-refractivity contribution in [2.24, 2.45) is 0 Å². The van der Waals surface area contributed by atoms with Crippen molar-refractivity contribution in [3.05, 3.63) is 174 Å². The third-order valence-electron chi connectivity index (χ3n) is 8.27. The van der Waals surface area contributed by atoms with Crippen molar-refractivity contribution in [2.75, 3.05) is 0 Å². The molecule has 0 spiro atoms. The first-order chi connectivity index (χ1) is 22.2. The Morgan fingerprint density at radius 1 is 0.356 bits per heavy atom. The van der Waals surface area contributed by atoms with Crippen molar-refractivity contribution < 1.29 is 4.42 Å². The molecule has 0 bridgehead atoms. The third kappa shape index (κ3) is 5.11. The highest BCUT2D eigenvalue weighted by molar-refractivity contribution is 5.92. The van der Waals surface area contributed by atoms with Gasteiger partial charge in [-0.1, -0.05) is 115 Å². The van der Waals surface area contributed by atoms with Gasteiger partial charge in [-0.15, -0.1) is 0 Å². The molecule has 0 amide bonds. The van der Waals surface area contributed by atoms with Gasteiger partial charge in [0, 0.05) is 11.1 Å². The van der Waals surface area contributed by atoms with E-state index >= 15 is 0 Å². The van der Waals surface area contributed by atoms with E-state index in [0.29, 0.717) is 21.9 Å². The summed E-state index contributed by atoms with van der Waals surface area (Å²) < 4.78 is 6.03. The van der Waals surface area contributed by atoms with E-state index in [2.05, 4.69) is 97.1 Å². The Morgan fingerprint density at radius 2 is 0.867 bits per heavy atom. The van der Waals surface area contributed by atoms with Gasteiger partial charge in [-0.3, -0.25) is 4.79 Å². The lowest BCUT2D eigenvalue weighted by molar-refractivity contribution is 0.660. The average Bonchev–Trinajstić information content (AvgIpc) is 3.12. The minimum absolute atomic E-state index is 0.0161. The summed E-state index contributed by atoms with van der Waals surface area (Å²) in [4.78, 5) is 18.4. The van der Waals surface area contributed by atoms with Gasteiger partial charge in [-0.2, -0.15) is 0 Å². The molecular formula is C42H27NO2. The molecule has 6 aromatic carbocycles. The molecule has 45 heavy (non-hydrogen) atoms. The van der Waals surface area contributed by atoms with Gasteiger partial charge in [-0.25, -0.2) is 4.98 Å². The summed E-state index contributed by atoms with van der Waals surface area (Å²) >= 11 is 0. The van der Waals surface area contributed by atoms with Crippen LogP contribution in [0.2, 0.25) is 0 Å². The van der Waals surface area contributed by atoms with Crippen LogP contribution in [0.3, 0.4) is 0 Å². The number of rotatable bonds is 5. The number of pyridine rings is 1. The van der Waals surface area contributed by atoms with Crippen LogP contribution in [0.4, 0.5) is 0 Å². The van der Waals surface area contributed by atoms with Crippen molar-refractivity contribution in [2.45, 2.75) is 0 Å². The van der Waals surface area contributed by atoms with Crippen molar-refractivity contribution >= 4 is 21.9 Å². The molecule has 0 atom stereocenters. The summed E-state index contributed by atoms with van der Waals surface area (Å²) in [6.45, 7) is 0. The highest BCUT2D eigenvalue weighted by Gasteiger charge is 2.12.